The summed E-state index contributed by atoms with van der Waals surface area (Å²) in [5.41, 5.74) is 3.20. The van der Waals surface area contributed by atoms with Crippen LogP contribution in [0.4, 0.5) is 0 Å². The molecule has 0 bridgehead atoms. The summed E-state index contributed by atoms with van der Waals surface area (Å²) in [5.74, 6) is -1.05. The molecule has 4 heteroatoms. The molecular weight excluding hydrogens is 278 g/mol. The van der Waals surface area contributed by atoms with Gasteiger partial charge in [-0.05, 0) is 49.4 Å². The zero-order valence-corrected chi connectivity index (χ0v) is 13.2. The van der Waals surface area contributed by atoms with E-state index in [-0.39, 0.29) is 12.2 Å². The van der Waals surface area contributed by atoms with Gasteiger partial charge in [-0.1, -0.05) is 31.9 Å². The number of hydrogen-bond donors (Lipinski definition) is 2. The molecule has 1 aromatic carbocycles. The topological polar surface area (TPSA) is 66.4 Å². The summed E-state index contributed by atoms with van der Waals surface area (Å²) in [7, 11) is 0. The van der Waals surface area contributed by atoms with Crippen molar-refractivity contribution in [2.24, 2.45) is 0 Å². The van der Waals surface area contributed by atoms with Crippen molar-refractivity contribution >= 4 is 11.8 Å². The third-order valence-electron chi connectivity index (χ3n) is 4.25. The number of fused-ring (bicyclic) bond motifs is 1. The first-order chi connectivity index (χ1) is 10.6. The number of aryl methyl sites for hydroxylation is 2. The molecule has 0 radical (unpaired) electrons. The van der Waals surface area contributed by atoms with Gasteiger partial charge in [-0.25, -0.2) is 0 Å². The monoisotopic (exact) mass is 303 g/mol. The molecule has 0 amide bonds. The highest BCUT2D eigenvalue weighted by molar-refractivity contribution is 6.02. The number of carbonyl (C=O) groups excluding carboxylic acids is 1. The van der Waals surface area contributed by atoms with Gasteiger partial charge in [0.15, 0.2) is 5.78 Å². The predicted octanol–water partition coefficient (Wildman–Crippen LogP) is 2.98. The molecule has 0 heterocycles. The van der Waals surface area contributed by atoms with Gasteiger partial charge in [0.1, 0.15) is 0 Å². The zero-order valence-electron chi connectivity index (χ0n) is 13.2. The van der Waals surface area contributed by atoms with Gasteiger partial charge in [0.25, 0.3) is 0 Å². The van der Waals surface area contributed by atoms with Gasteiger partial charge in [0, 0.05) is 5.56 Å². The Morgan fingerprint density at radius 3 is 2.73 bits per heavy atom. The van der Waals surface area contributed by atoms with Crippen LogP contribution in [0.3, 0.4) is 0 Å². The molecule has 120 valence electrons. The van der Waals surface area contributed by atoms with E-state index >= 15 is 0 Å². The van der Waals surface area contributed by atoms with Gasteiger partial charge in [-0.15, -0.1) is 0 Å². The SMILES string of the molecule is CCCCCNC(CC(=O)O)C(=O)c1ccc2c(c1)CCC2. The lowest BCUT2D eigenvalue weighted by molar-refractivity contribution is -0.137. The van der Waals surface area contributed by atoms with Gasteiger partial charge in [-0.3, -0.25) is 9.59 Å². The maximum Gasteiger partial charge on any atom is 0.305 e. The lowest BCUT2D eigenvalue weighted by Gasteiger charge is -2.16. The molecule has 4 nitrogen and oxygen atoms in total. The fourth-order valence-electron chi connectivity index (χ4n) is 3.01. The molecule has 0 aromatic heterocycles. The Hall–Kier alpha value is -1.68. The fourth-order valence-corrected chi connectivity index (χ4v) is 3.01. The van der Waals surface area contributed by atoms with Crippen molar-refractivity contribution in [1.82, 2.24) is 5.32 Å². The Labute approximate surface area is 131 Å². The average molecular weight is 303 g/mol. The number of hydrogen-bond acceptors (Lipinski definition) is 3. The van der Waals surface area contributed by atoms with E-state index in [0.717, 1.165) is 38.5 Å². The summed E-state index contributed by atoms with van der Waals surface area (Å²) >= 11 is 0. The number of benzene rings is 1. The predicted molar refractivity (Wildman–Crippen MR) is 86.4 cm³/mol. The Bertz CT molecular complexity index is 539. The lowest BCUT2D eigenvalue weighted by Crippen LogP contribution is -2.39. The summed E-state index contributed by atoms with van der Waals surface area (Å²) in [6.45, 7) is 2.80. The second kappa shape index (κ2) is 8.08. The quantitative estimate of drug-likeness (QED) is 0.543. The van der Waals surface area contributed by atoms with E-state index in [1.165, 1.54) is 11.1 Å². The molecule has 1 aromatic rings. The van der Waals surface area contributed by atoms with Crippen LogP contribution in [0.1, 0.15) is 60.5 Å². The number of nitrogens with one attached hydrogen (secondary N) is 1. The molecule has 1 atom stereocenters. The van der Waals surface area contributed by atoms with Crippen molar-refractivity contribution in [2.75, 3.05) is 6.54 Å². The second-order valence-electron chi connectivity index (χ2n) is 6.01. The minimum absolute atomic E-state index is 0.103. The molecule has 0 aliphatic heterocycles. The molecule has 0 saturated carbocycles. The van der Waals surface area contributed by atoms with E-state index in [9.17, 15) is 9.59 Å². The number of ketones is 1. The third kappa shape index (κ3) is 4.41. The van der Waals surface area contributed by atoms with E-state index in [4.69, 9.17) is 5.11 Å². The van der Waals surface area contributed by atoms with Crippen LogP contribution < -0.4 is 5.32 Å². The van der Waals surface area contributed by atoms with E-state index < -0.39 is 12.0 Å². The molecular formula is C18H25NO3. The Kier molecular flexibility index (Phi) is 6.13. The van der Waals surface area contributed by atoms with Gasteiger partial charge < -0.3 is 10.4 Å². The highest BCUT2D eigenvalue weighted by Gasteiger charge is 2.23. The molecule has 0 spiro atoms. The van der Waals surface area contributed by atoms with Gasteiger partial charge in [0.2, 0.25) is 0 Å². The lowest BCUT2D eigenvalue weighted by atomic mass is 9.98. The van der Waals surface area contributed by atoms with Crippen molar-refractivity contribution in [3.8, 4) is 0 Å². The number of carbonyl (C=O) groups is 2. The summed E-state index contributed by atoms with van der Waals surface area (Å²) in [4.78, 5) is 23.6. The maximum atomic E-state index is 12.6. The van der Waals surface area contributed by atoms with Crippen molar-refractivity contribution in [3.63, 3.8) is 0 Å². The standard InChI is InChI=1S/C18H25NO3/c1-2-3-4-10-19-16(12-17(20)21)18(22)15-9-8-13-6-5-7-14(13)11-15/h8-9,11,16,19H,2-7,10,12H2,1H3,(H,20,21). The Morgan fingerprint density at radius 2 is 2.00 bits per heavy atom. The highest BCUT2D eigenvalue weighted by Crippen LogP contribution is 2.23. The van der Waals surface area contributed by atoms with Crippen LogP contribution in [0.2, 0.25) is 0 Å². The Morgan fingerprint density at radius 1 is 1.23 bits per heavy atom. The summed E-state index contributed by atoms with van der Waals surface area (Å²) < 4.78 is 0. The molecule has 1 unspecified atom stereocenters. The van der Waals surface area contributed by atoms with E-state index in [1.807, 2.05) is 18.2 Å². The first-order valence-corrected chi connectivity index (χ1v) is 8.23. The number of carboxylic acid groups (broad SMARTS) is 1. The number of rotatable bonds is 9. The van der Waals surface area contributed by atoms with E-state index in [0.29, 0.717) is 12.1 Å². The first-order valence-electron chi connectivity index (χ1n) is 8.23. The minimum Gasteiger partial charge on any atom is -0.481 e. The number of carboxylic acids is 1. The van der Waals surface area contributed by atoms with Crippen molar-refractivity contribution in [3.05, 3.63) is 34.9 Å². The first kappa shape index (κ1) is 16.7. The fraction of sp³-hybridized carbons (Fsp3) is 0.556. The number of aliphatic carboxylic acids is 1. The van der Waals surface area contributed by atoms with Crippen molar-refractivity contribution in [2.45, 2.75) is 57.9 Å². The van der Waals surface area contributed by atoms with Crippen LogP contribution in [0.5, 0.6) is 0 Å². The molecule has 22 heavy (non-hydrogen) atoms. The van der Waals surface area contributed by atoms with E-state index in [1.54, 1.807) is 0 Å². The Balaban J connectivity index is 2.05. The normalized spacial score (nSPS) is 14.6. The average Bonchev–Trinajstić information content (AvgIpc) is 2.96. The van der Waals surface area contributed by atoms with Gasteiger partial charge in [0.05, 0.1) is 12.5 Å². The van der Waals surface area contributed by atoms with Gasteiger partial charge >= 0.3 is 5.97 Å². The molecule has 0 fully saturated rings. The van der Waals surface area contributed by atoms with Crippen LogP contribution >= 0.6 is 0 Å². The molecule has 2 rings (SSSR count). The summed E-state index contributed by atoms with van der Waals surface area (Å²) in [6, 6.07) is 5.18. The summed E-state index contributed by atoms with van der Waals surface area (Å²) in [5, 5.41) is 12.2. The van der Waals surface area contributed by atoms with Crippen LogP contribution in [0.15, 0.2) is 18.2 Å². The molecule has 1 aliphatic rings. The summed E-state index contributed by atoms with van der Waals surface area (Å²) in [6.07, 6.45) is 6.22. The van der Waals surface area contributed by atoms with Crippen molar-refractivity contribution in [1.29, 1.82) is 0 Å². The second-order valence-corrected chi connectivity index (χ2v) is 6.01. The number of unbranched alkanes of at least 4 members (excludes halogenated alkanes) is 2. The third-order valence-corrected chi connectivity index (χ3v) is 4.25. The number of Topliss-reactive ketones (excluding diaryl/α,β-unsaturated/α-hetero) is 1. The molecule has 2 N–H and O–H groups in total. The van der Waals surface area contributed by atoms with E-state index in [2.05, 4.69) is 12.2 Å². The van der Waals surface area contributed by atoms with Gasteiger partial charge in [-0.2, -0.15) is 0 Å². The molecule has 1 aliphatic carbocycles. The largest absolute Gasteiger partial charge is 0.481 e. The molecule has 0 saturated heterocycles. The highest BCUT2D eigenvalue weighted by atomic mass is 16.4. The van der Waals surface area contributed by atoms with Crippen LogP contribution in [-0.2, 0) is 17.6 Å². The van der Waals surface area contributed by atoms with Crippen LogP contribution in [0, 0.1) is 0 Å². The maximum absolute atomic E-state index is 12.6. The van der Waals surface area contributed by atoms with Crippen LogP contribution in [-0.4, -0.2) is 29.4 Å². The smallest absolute Gasteiger partial charge is 0.305 e. The zero-order chi connectivity index (χ0) is 15.9. The van der Waals surface area contributed by atoms with Crippen molar-refractivity contribution < 1.29 is 14.7 Å². The minimum atomic E-state index is -0.942. The van der Waals surface area contributed by atoms with Crippen LogP contribution in [0.25, 0.3) is 0 Å².